The van der Waals surface area contributed by atoms with E-state index in [2.05, 4.69) is 30.0 Å². The Balaban J connectivity index is 1.79. The minimum absolute atomic E-state index is 0.400. The molecule has 0 N–H and O–H groups in total. The molecular weight excluding hydrogens is 226 g/mol. The van der Waals surface area contributed by atoms with Crippen LogP contribution in [0.1, 0.15) is 25.8 Å². The number of hydrogen-bond acceptors (Lipinski definition) is 3. The standard InChI is InChI=1S/C14H25N3O/c1-4-17-10-13(9-15-17)6-8-16-7-5-12(2)14(11-16)18-3/h9-10,12,14H,4-8,11H2,1-3H3/t12-,14-/m1/s1. The van der Waals surface area contributed by atoms with E-state index < -0.39 is 0 Å². The minimum Gasteiger partial charge on any atom is -0.380 e. The molecule has 0 spiro atoms. The van der Waals surface area contributed by atoms with Gasteiger partial charge in [0.1, 0.15) is 0 Å². The maximum absolute atomic E-state index is 5.55. The van der Waals surface area contributed by atoms with Crippen LogP contribution in [0.25, 0.3) is 0 Å². The number of ether oxygens (including phenoxy) is 1. The lowest BCUT2D eigenvalue weighted by Gasteiger charge is -2.36. The van der Waals surface area contributed by atoms with Crippen molar-refractivity contribution >= 4 is 0 Å². The lowest BCUT2D eigenvalue weighted by atomic mass is 9.95. The summed E-state index contributed by atoms with van der Waals surface area (Å²) in [5, 5.41) is 4.32. The first-order chi connectivity index (χ1) is 8.72. The van der Waals surface area contributed by atoms with Crippen molar-refractivity contribution in [2.45, 2.75) is 39.3 Å². The van der Waals surface area contributed by atoms with Crippen LogP contribution in [0.15, 0.2) is 12.4 Å². The molecule has 0 aromatic carbocycles. The fourth-order valence-corrected chi connectivity index (χ4v) is 2.60. The van der Waals surface area contributed by atoms with Crippen molar-refractivity contribution in [3.8, 4) is 0 Å². The van der Waals surface area contributed by atoms with Crippen LogP contribution in [-0.2, 0) is 17.7 Å². The van der Waals surface area contributed by atoms with E-state index in [1.807, 2.05) is 18.0 Å². The average molecular weight is 251 g/mol. The Morgan fingerprint density at radius 1 is 1.50 bits per heavy atom. The maximum atomic E-state index is 5.55. The predicted molar refractivity (Wildman–Crippen MR) is 72.6 cm³/mol. The molecule has 0 amide bonds. The number of likely N-dealkylation sites (tertiary alicyclic amines) is 1. The van der Waals surface area contributed by atoms with Crippen LogP contribution in [0.2, 0.25) is 0 Å². The van der Waals surface area contributed by atoms with Crippen molar-refractivity contribution < 1.29 is 4.74 Å². The molecule has 1 aromatic rings. The minimum atomic E-state index is 0.400. The summed E-state index contributed by atoms with van der Waals surface area (Å²) in [5.74, 6) is 0.689. The van der Waals surface area contributed by atoms with E-state index in [-0.39, 0.29) is 0 Å². The van der Waals surface area contributed by atoms with Gasteiger partial charge in [0.05, 0.1) is 12.3 Å². The average Bonchev–Trinajstić information content (AvgIpc) is 2.86. The lowest BCUT2D eigenvalue weighted by molar-refractivity contribution is -0.00447. The lowest BCUT2D eigenvalue weighted by Crippen LogP contribution is -2.44. The van der Waals surface area contributed by atoms with Gasteiger partial charge in [-0.1, -0.05) is 6.92 Å². The summed E-state index contributed by atoms with van der Waals surface area (Å²) in [6.07, 6.45) is 6.87. The van der Waals surface area contributed by atoms with Gasteiger partial charge in [-0.25, -0.2) is 0 Å². The van der Waals surface area contributed by atoms with Crippen LogP contribution < -0.4 is 0 Å². The highest BCUT2D eigenvalue weighted by Gasteiger charge is 2.25. The van der Waals surface area contributed by atoms with Gasteiger partial charge in [0.25, 0.3) is 0 Å². The van der Waals surface area contributed by atoms with Gasteiger partial charge >= 0.3 is 0 Å². The Kier molecular flexibility index (Phi) is 4.78. The summed E-state index contributed by atoms with van der Waals surface area (Å²) in [5.41, 5.74) is 1.34. The number of hydrogen-bond donors (Lipinski definition) is 0. The highest BCUT2D eigenvalue weighted by Crippen LogP contribution is 2.19. The molecule has 4 heteroatoms. The molecule has 18 heavy (non-hydrogen) atoms. The summed E-state index contributed by atoms with van der Waals surface area (Å²) >= 11 is 0. The molecular formula is C14H25N3O. The zero-order valence-electron chi connectivity index (χ0n) is 11.8. The van der Waals surface area contributed by atoms with Crippen molar-refractivity contribution in [2.75, 3.05) is 26.7 Å². The second-order valence-corrected chi connectivity index (χ2v) is 5.29. The van der Waals surface area contributed by atoms with Gasteiger partial charge in [-0.15, -0.1) is 0 Å². The molecule has 2 atom stereocenters. The third-order valence-corrected chi connectivity index (χ3v) is 4.00. The van der Waals surface area contributed by atoms with Crippen LogP contribution in [0, 0.1) is 5.92 Å². The zero-order valence-corrected chi connectivity index (χ0v) is 11.8. The van der Waals surface area contributed by atoms with E-state index in [9.17, 15) is 0 Å². The fraction of sp³-hybridized carbons (Fsp3) is 0.786. The van der Waals surface area contributed by atoms with Gasteiger partial charge in [0.2, 0.25) is 0 Å². The van der Waals surface area contributed by atoms with E-state index in [1.54, 1.807) is 0 Å². The van der Waals surface area contributed by atoms with Crippen LogP contribution in [0.3, 0.4) is 0 Å². The first-order valence-corrected chi connectivity index (χ1v) is 6.99. The highest BCUT2D eigenvalue weighted by molar-refractivity contribution is 5.04. The van der Waals surface area contributed by atoms with E-state index >= 15 is 0 Å². The molecule has 4 nitrogen and oxygen atoms in total. The van der Waals surface area contributed by atoms with E-state index in [4.69, 9.17) is 4.74 Å². The molecule has 0 radical (unpaired) electrons. The highest BCUT2D eigenvalue weighted by atomic mass is 16.5. The molecule has 1 aliphatic rings. The molecule has 102 valence electrons. The monoisotopic (exact) mass is 251 g/mol. The molecule has 0 unspecified atom stereocenters. The van der Waals surface area contributed by atoms with Crippen molar-refractivity contribution in [2.24, 2.45) is 5.92 Å². The second kappa shape index (κ2) is 6.34. The maximum Gasteiger partial charge on any atom is 0.0724 e. The normalized spacial score (nSPS) is 25.5. The van der Waals surface area contributed by atoms with Crippen LogP contribution >= 0.6 is 0 Å². The van der Waals surface area contributed by atoms with Crippen LogP contribution in [-0.4, -0.2) is 47.5 Å². The molecule has 0 aliphatic carbocycles. The molecule has 2 rings (SSSR count). The zero-order chi connectivity index (χ0) is 13.0. The summed E-state index contributed by atoms with van der Waals surface area (Å²) in [6.45, 7) is 8.74. The number of rotatable bonds is 5. The first-order valence-electron chi connectivity index (χ1n) is 6.99. The number of nitrogens with zero attached hydrogens (tertiary/aromatic N) is 3. The quantitative estimate of drug-likeness (QED) is 0.799. The first kappa shape index (κ1) is 13.6. The Morgan fingerprint density at radius 3 is 3.00 bits per heavy atom. The molecule has 2 heterocycles. The summed E-state index contributed by atoms with van der Waals surface area (Å²) in [7, 11) is 1.83. The second-order valence-electron chi connectivity index (χ2n) is 5.29. The molecule has 1 saturated heterocycles. The van der Waals surface area contributed by atoms with Crippen LogP contribution in [0.4, 0.5) is 0 Å². The Hall–Kier alpha value is -0.870. The largest absolute Gasteiger partial charge is 0.380 e. The van der Waals surface area contributed by atoms with Crippen molar-refractivity contribution in [1.82, 2.24) is 14.7 Å². The van der Waals surface area contributed by atoms with Crippen molar-refractivity contribution in [3.05, 3.63) is 18.0 Å². The van der Waals surface area contributed by atoms with Gasteiger partial charge < -0.3 is 9.64 Å². The van der Waals surface area contributed by atoms with E-state index in [0.717, 1.165) is 26.1 Å². The third kappa shape index (κ3) is 3.33. The van der Waals surface area contributed by atoms with Gasteiger partial charge in [0.15, 0.2) is 0 Å². The Morgan fingerprint density at radius 2 is 2.33 bits per heavy atom. The van der Waals surface area contributed by atoms with Gasteiger partial charge in [-0.3, -0.25) is 4.68 Å². The molecule has 1 fully saturated rings. The summed E-state index contributed by atoms with van der Waals surface area (Å²) in [4.78, 5) is 2.51. The van der Waals surface area contributed by atoms with Crippen molar-refractivity contribution in [1.29, 1.82) is 0 Å². The molecule has 0 bridgehead atoms. The SMILES string of the molecule is CCn1cc(CCN2CC[C@@H](C)[C@H](OC)C2)cn1. The van der Waals surface area contributed by atoms with Gasteiger partial charge in [0, 0.05) is 32.9 Å². The smallest absolute Gasteiger partial charge is 0.0724 e. The van der Waals surface area contributed by atoms with E-state index in [1.165, 1.54) is 18.5 Å². The number of aromatic nitrogens is 2. The number of piperidine rings is 1. The topological polar surface area (TPSA) is 30.3 Å². The Bertz CT molecular complexity index is 364. The number of methoxy groups -OCH3 is 1. The van der Waals surface area contributed by atoms with Crippen molar-refractivity contribution in [3.63, 3.8) is 0 Å². The predicted octanol–water partition coefficient (Wildman–Crippen LogP) is 1.80. The number of aryl methyl sites for hydroxylation is 1. The summed E-state index contributed by atoms with van der Waals surface area (Å²) in [6, 6.07) is 0. The molecule has 1 aromatic heterocycles. The van der Waals surface area contributed by atoms with E-state index in [0.29, 0.717) is 12.0 Å². The van der Waals surface area contributed by atoms with Crippen LogP contribution in [0.5, 0.6) is 0 Å². The summed E-state index contributed by atoms with van der Waals surface area (Å²) < 4.78 is 7.54. The molecule has 0 saturated carbocycles. The van der Waals surface area contributed by atoms with Gasteiger partial charge in [-0.05, 0) is 37.8 Å². The fourth-order valence-electron chi connectivity index (χ4n) is 2.60. The van der Waals surface area contributed by atoms with Gasteiger partial charge in [-0.2, -0.15) is 5.10 Å². The third-order valence-electron chi connectivity index (χ3n) is 4.00. The molecule has 1 aliphatic heterocycles. The Labute approximate surface area is 110 Å².